The first-order chi connectivity index (χ1) is 12.8. The van der Waals surface area contributed by atoms with Crippen LogP contribution in [0.1, 0.15) is 42.2 Å². The van der Waals surface area contributed by atoms with E-state index in [9.17, 15) is 18.0 Å². The van der Waals surface area contributed by atoms with Crippen molar-refractivity contribution in [1.29, 1.82) is 0 Å². The van der Waals surface area contributed by atoms with E-state index in [0.717, 1.165) is 32.0 Å². The number of piperidine rings is 1. The van der Waals surface area contributed by atoms with Gasteiger partial charge in [-0.1, -0.05) is 6.92 Å². The van der Waals surface area contributed by atoms with Crippen LogP contribution in [-0.2, 0) is 10.9 Å². The van der Waals surface area contributed by atoms with Crippen molar-refractivity contribution < 1.29 is 22.7 Å². The van der Waals surface area contributed by atoms with Gasteiger partial charge in [0.15, 0.2) is 0 Å². The van der Waals surface area contributed by atoms with Crippen LogP contribution in [-0.4, -0.2) is 67.1 Å². The molecule has 27 heavy (non-hydrogen) atoms. The summed E-state index contributed by atoms with van der Waals surface area (Å²) in [4.78, 5) is 20.4. The number of halogens is 3. The molecule has 2 atom stereocenters. The molecule has 1 aliphatic heterocycles. The van der Waals surface area contributed by atoms with Crippen LogP contribution in [0, 0.1) is 5.92 Å². The zero-order chi connectivity index (χ0) is 20.0. The maximum absolute atomic E-state index is 13.3. The van der Waals surface area contributed by atoms with E-state index in [4.69, 9.17) is 4.74 Å². The molecule has 1 saturated heterocycles. The molecule has 0 N–H and O–H groups in total. The van der Waals surface area contributed by atoms with Crippen LogP contribution in [0.15, 0.2) is 18.3 Å². The molecule has 152 valence electrons. The molecule has 1 aliphatic rings. The monoisotopic (exact) mass is 387 g/mol. The van der Waals surface area contributed by atoms with Crippen molar-refractivity contribution in [3.8, 4) is 0 Å². The largest absolute Gasteiger partial charge is 0.418 e. The fourth-order valence-corrected chi connectivity index (χ4v) is 3.59. The van der Waals surface area contributed by atoms with Gasteiger partial charge in [-0.15, -0.1) is 0 Å². The van der Waals surface area contributed by atoms with E-state index in [-0.39, 0.29) is 12.0 Å². The van der Waals surface area contributed by atoms with Gasteiger partial charge in [-0.05, 0) is 50.9 Å². The zero-order valence-electron chi connectivity index (χ0n) is 16.1. The summed E-state index contributed by atoms with van der Waals surface area (Å²) in [7, 11) is 3.61. The Morgan fingerprint density at radius 3 is 2.81 bits per heavy atom. The molecule has 0 aliphatic carbocycles. The van der Waals surface area contributed by atoms with Gasteiger partial charge in [0.05, 0.1) is 12.2 Å². The number of carbonyl (C=O) groups is 1. The number of hydrogen-bond donors (Lipinski definition) is 0. The van der Waals surface area contributed by atoms with Gasteiger partial charge in [-0.25, -0.2) is 0 Å². The number of nitrogens with zero attached hydrogens (tertiary/aromatic N) is 3. The molecular formula is C19H28F3N3O2. The lowest BCUT2D eigenvalue weighted by molar-refractivity contribution is -0.138. The molecule has 0 aromatic carbocycles. The third-order valence-corrected chi connectivity index (χ3v) is 5.18. The molecule has 0 bridgehead atoms. The number of methoxy groups -OCH3 is 1. The van der Waals surface area contributed by atoms with E-state index < -0.39 is 23.3 Å². The molecule has 5 nitrogen and oxygen atoms in total. The van der Waals surface area contributed by atoms with Gasteiger partial charge in [-0.3, -0.25) is 9.78 Å². The van der Waals surface area contributed by atoms with Crippen molar-refractivity contribution in [2.24, 2.45) is 5.92 Å². The summed E-state index contributed by atoms with van der Waals surface area (Å²) in [5.41, 5.74) is -1.47. The Morgan fingerprint density at radius 1 is 1.41 bits per heavy atom. The second-order valence-electron chi connectivity index (χ2n) is 7.17. The van der Waals surface area contributed by atoms with E-state index in [1.54, 1.807) is 12.0 Å². The van der Waals surface area contributed by atoms with Crippen LogP contribution in [0.5, 0.6) is 0 Å². The van der Waals surface area contributed by atoms with Gasteiger partial charge in [-0.2, -0.15) is 13.2 Å². The number of carbonyl (C=O) groups excluding carboxylic acids is 1. The van der Waals surface area contributed by atoms with Gasteiger partial charge in [0.25, 0.3) is 5.91 Å². The molecule has 0 radical (unpaired) electrons. The molecule has 1 fully saturated rings. The van der Waals surface area contributed by atoms with Gasteiger partial charge in [0, 0.05) is 32.4 Å². The van der Waals surface area contributed by atoms with Gasteiger partial charge in [0.2, 0.25) is 0 Å². The van der Waals surface area contributed by atoms with E-state index >= 15 is 0 Å². The van der Waals surface area contributed by atoms with Crippen molar-refractivity contribution in [1.82, 2.24) is 14.8 Å². The smallest absolute Gasteiger partial charge is 0.383 e. The number of hydrogen-bond acceptors (Lipinski definition) is 4. The van der Waals surface area contributed by atoms with Crippen molar-refractivity contribution >= 4 is 5.91 Å². The molecule has 0 unspecified atom stereocenters. The van der Waals surface area contributed by atoms with Gasteiger partial charge < -0.3 is 14.5 Å². The molecule has 2 rings (SSSR count). The lowest BCUT2D eigenvalue weighted by Crippen LogP contribution is -2.49. The van der Waals surface area contributed by atoms with Crippen LogP contribution in [0.2, 0.25) is 0 Å². The molecule has 0 saturated carbocycles. The van der Waals surface area contributed by atoms with Crippen molar-refractivity contribution in [2.75, 3.05) is 40.4 Å². The summed E-state index contributed by atoms with van der Waals surface area (Å²) >= 11 is 0. The molecular weight excluding hydrogens is 359 g/mol. The SMILES string of the molecule is COCCN(C)CC[C@@H]1[C@H](C)CCCN1C(=O)c1ncccc1C(F)(F)F. The Hall–Kier alpha value is -1.67. The molecule has 8 heteroatoms. The average Bonchev–Trinajstić information content (AvgIpc) is 2.64. The van der Waals surface area contributed by atoms with Crippen molar-refractivity contribution in [3.05, 3.63) is 29.6 Å². The molecule has 0 spiro atoms. The number of rotatable bonds is 7. The minimum Gasteiger partial charge on any atom is -0.383 e. The summed E-state index contributed by atoms with van der Waals surface area (Å²) < 4.78 is 44.9. The van der Waals surface area contributed by atoms with Crippen LogP contribution in [0.4, 0.5) is 13.2 Å². The Morgan fingerprint density at radius 2 is 2.15 bits per heavy atom. The standard InChI is InChI=1S/C19H28F3N3O2/c1-14-6-5-10-25(16(14)8-11-24(2)12-13-27-3)18(26)17-15(19(20,21)22)7-4-9-23-17/h4,7,9,14,16H,5-6,8,10-13H2,1-3H3/t14-,16-/m1/s1. The van der Waals surface area contributed by atoms with E-state index in [2.05, 4.69) is 16.8 Å². The van der Waals surface area contributed by atoms with Gasteiger partial charge in [0.1, 0.15) is 5.69 Å². The van der Waals surface area contributed by atoms with Crippen LogP contribution in [0.3, 0.4) is 0 Å². The molecule has 1 aromatic heterocycles. The molecule has 2 heterocycles. The number of ether oxygens (including phenoxy) is 1. The third-order valence-electron chi connectivity index (χ3n) is 5.18. The Bertz CT molecular complexity index is 624. The number of alkyl halides is 3. The first-order valence-electron chi connectivity index (χ1n) is 9.26. The topological polar surface area (TPSA) is 45.7 Å². The number of likely N-dealkylation sites (N-methyl/N-ethyl adjacent to an activating group) is 1. The molecule has 1 amide bonds. The van der Waals surface area contributed by atoms with Gasteiger partial charge >= 0.3 is 6.18 Å². The summed E-state index contributed by atoms with van der Waals surface area (Å²) in [6, 6.07) is 2.03. The van der Waals surface area contributed by atoms with Crippen molar-refractivity contribution in [3.63, 3.8) is 0 Å². The number of likely N-dealkylation sites (tertiary alicyclic amines) is 1. The molecule has 1 aromatic rings. The predicted octanol–water partition coefficient (Wildman–Crippen LogP) is 3.31. The Balaban J connectivity index is 2.17. The second-order valence-corrected chi connectivity index (χ2v) is 7.17. The van der Waals surface area contributed by atoms with Crippen LogP contribution < -0.4 is 0 Å². The van der Waals surface area contributed by atoms with E-state index in [1.165, 1.54) is 12.3 Å². The average molecular weight is 387 g/mol. The fourth-order valence-electron chi connectivity index (χ4n) is 3.59. The Kier molecular flexibility index (Phi) is 7.61. The lowest BCUT2D eigenvalue weighted by atomic mass is 9.88. The minimum atomic E-state index is -4.60. The zero-order valence-corrected chi connectivity index (χ0v) is 16.1. The summed E-state index contributed by atoms with van der Waals surface area (Å²) in [5.74, 6) is -0.393. The highest BCUT2D eigenvalue weighted by Crippen LogP contribution is 2.33. The lowest BCUT2D eigenvalue weighted by Gasteiger charge is -2.41. The normalized spacial score (nSPS) is 20.9. The number of aromatic nitrogens is 1. The Labute approximate surface area is 158 Å². The van der Waals surface area contributed by atoms with E-state index in [1.807, 2.05) is 7.05 Å². The van der Waals surface area contributed by atoms with Crippen molar-refractivity contribution in [2.45, 2.75) is 38.4 Å². The summed E-state index contributed by atoms with van der Waals surface area (Å²) in [5, 5.41) is 0. The predicted molar refractivity (Wildman–Crippen MR) is 96.5 cm³/mol. The number of amides is 1. The summed E-state index contributed by atoms with van der Waals surface area (Å²) in [6.45, 7) is 4.65. The maximum Gasteiger partial charge on any atom is 0.418 e. The first kappa shape index (κ1) is 21.6. The quantitative estimate of drug-likeness (QED) is 0.720. The summed E-state index contributed by atoms with van der Waals surface area (Å²) in [6.07, 6.45) is -0.900. The fraction of sp³-hybridized carbons (Fsp3) is 0.684. The van der Waals surface area contributed by atoms with Crippen LogP contribution in [0.25, 0.3) is 0 Å². The maximum atomic E-state index is 13.3. The third kappa shape index (κ3) is 5.65. The second kappa shape index (κ2) is 9.50. The highest BCUT2D eigenvalue weighted by Gasteiger charge is 2.39. The minimum absolute atomic E-state index is 0.0978. The highest BCUT2D eigenvalue weighted by molar-refractivity contribution is 5.94. The highest BCUT2D eigenvalue weighted by atomic mass is 19.4. The first-order valence-corrected chi connectivity index (χ1v) is 9.26. The van der Waals surface area contributed by atoms with E-state index in [0.29, 0.717) is 19.6 Å². The number of pyridine rings is 1. The van der Waals surface area contributed by atoms with Crippen LogP contribution >= 0.6 is 0 Å².